The minimum absolute atomic E-state index is 0.00299. The Morgan fingerprint density at radius 3 is 2.53 bits per heavy atom. The van der Waals surface area contributed by atoms with Crippen molar-refractivity contribution in [3.05, 3.63) is 52.1 Å². The molecule has 4 aromatic rings. The Bertz CT molecular complexity index is 1420. The lowest BCUT2D eigenvalue weighted by molar-refractivity contribution is -0.137. The van der Waals surface area contributed by atoms with Crippen molar-refractivity contribution < 1.29 is 21.6 Å². The minimum Gasteiger partial charge on any atom is -0.351 e. The van der Waals surface area contributed by atoms with Gasteiger partial charge in [-0.25, -0.2) is 13.4 Å². The summed E-state index contributed by atoms with van der Waals surface area (Å²) in [5.41, 5.74) is -0.337. The Hall–Kier alpha value is -2.36. The van der Waals surface area contributed by atoms with E-state index < -0.39 is 21.6 Å². The third-order valence-corrected chi connectivity index (χ3v) is 6.94. The summed E-state index contributed by atoms with van der Waals surface area (Å²) in [6.07, 6.45) is -3.92. The van der Waals surface area contributed by atoms with Gasteiger partial charge in [-0.1, -0.05) is 30.1 Å². The largest absolute Gasteiger partial charge is 0.417 e. The van der Waals surface area contributed by atoms with E-state index in [1.165, 1.54) is 13.0 Å². The number of rotatable bonds is 3. The highest BCUT2D eigenvalue weighted by molar-refractivity contribution is 7.91. The molecule has 0 fully saturated rings. The summed E-state index contributed by atoms with van der Waals surface area (Å²) in [5, 5.41) is 0.888. The molecule has 156 valence electrons. The minimum atomic E-state index is -4.59. The number of fused-ring (bicyclic) bond motifs is 2. The maximum atomic E-state index is 13.0. The molecule has 0 spiro atoms. The number of halogens is 5. The van der Waals surface area contributed by atoms with Crippen molar-refractivity contribution in [2.75, 3.05) is 5.75 Å². The standard InChI is InChI=1S/C19H12Cl2F3N3O2S/c1-2-30(28,29)14-6-9-5-11(20)3-4-12(9)26-17(14)18-15(21)16-13(27-18)7-10(8-25-16)19(22,23)24/h3-8,27H,2H2,1H3. The molecule has 1 aromatic carbocycles. The number of nitrogens with one attached hydrogen (secondary N) is 1. The molecule has 1 N–H and O–H groups in total. The van der Waals surface area contributed by atoms with Gasteiger partial charge in [-0.15, -0.1) is 0 Å². The second kappa shape index (κ2) is 7.11. The number of hydrogen-bond donors (Lipinski definition) is 1. The normalized spacial score (nSPS) is 12.7. The second-order valence-corrected chi connectivity index (χ2v) is 9.57. The van der Waals surface area contributed by atoms with Crippen LogP contribution in [0, 0.1) is 0 Å². The molecule has 3 heterocycles. The molecule has 0 amide bonds. The molecular formula is C19H12Cl2F3N3O2S. The first-order valence-electron chi connectivity index (χ1n) is 8.59. The van der Waals surface area contributed by atoms with Crippen LogP contribution in [0.1, 0.15) is 12.5 Å². The van der Waals surface area contributed by atoms with Gasteiger partial charge in [0.2, 0.25) is 0 Å². The molecule has 0 aliphatic heterocycles. The highest BCUT2D eigenvalue weighted by Crippen LogP contribution is 2.39. The van der Waals surface area contributed by atoms with E-state index in [0.717, 1.165) is 6.07 Å². The fourth-order valence-electron chi connectivity index (χ4n) is 3.06. The number of sulfone groups is 1. The van der Waals surface area contributed by atoms with Crippen LogP contribution in [0.15, 0.2) is 41.4 Å². The molecule has 0 radical (unpaired) electrons. The average molecular weight is 474 g/mol. The Morgan fingerprint density at radius 2 is 1.87 bits per heavy atom. The Morgan fingerprint density at radius 1 is 1.13 bits per heavy atom. The fraction of sp³-hybridized carbons (Fsp3) is 0.158. The van der Waals surface area contributed by atoms with Gasteiger partial charge in [0.15, 0.2) is 9.84 Å². The van der Waals surface area contributed by atoms with Crippen molar-refractivity contribution in [1.29, 1.82) is 0 Å². The zero-order chi connectivity index (χ0) is 21.8. The van der Waals surface area contributed by atoms with E-state index in [4.69, 9.17) is 23.2 Å². The Kier molecular flexibility index (Phi) is 4.95. The van der Waals surface area contributed by atoms with Gasteiger partial charge >= 0.3 is 6.18 Å². The van der Waals surface area contributed by atoms with Crippen molar-refractivity contribution in [3.8, 4) is 11.4 Å². The molecule has 0 aliphatic carbocycles. The highest BCUT2D eigenvalue weighted by Gasteiger charge is 2.32. The molecule has 0 aliphatic rings. The zero-order valence-corrected chi connectivity index (χ0v) is 17.5. The summed E-state index contributed by atoms with van der Waals surface area (Å²) in [6.45, 7) is 1.48. The van der Waals surface area contributed by atoms with Gasteiger partial charge in [-0.3, -0.25) is 4.98 Å². The number of nitrogens with zero attached hydrogens (tertiary/aromatic N) is 2. The summed E-state index contributed by atoms with van der Waals surface area (Å²) in [4.78, 5) is 10.9. The van der Waals surface area contributed by atoms with E-state index in [2.05, 4.69) is 15.0 Å². The van der Waals surface area contributed by atoms with Gasteiger partial charge in [-0.2, -0.15) is 13.2 Å². The van der Waals surface area contributed by atoms with E-state index >= 15 is 0 Å². The van der Waals surface area contributed by atoms with Crippen LogP contribution in [-0.4, -0.2) is 29.1 Å². The van der Waals surface area contributed by atoms with Crippen molar-refractivity contribution >= 4 is 55.0 Å². The molecule has 0 unspecified atom stereocenters. The summed E-state index contributed by atoms with van der Waals surface area (Å²) in [5.74, 6) is -0.206. The summed E-state index contributed by atoms with van der Waals surface area (Å²) >= 11 is 12.4. The lowest BCUT2D eigenvalue weighted by Crippen LogP contribution is -2.07. The molecule has 5 nitrogen and oxygen atoms in total. The van der Waals surface area contributed by atoms with Gasteiger partial charge < -0.3 is 4.98 Å². The Balaban J connectivity index is 2.05. The van der Waals surface area contributed by atoms with Crippen molar-refractivity contribution in [1.82, 2.24) is 15.0 Å². The van der Waals surface area contributed by atoms with Gasteiger partial charge in [0.05, 0.1) is 38.0 Å². The van der Waals surface area contributed by atoms with E-state index in [0.29, 0.717) is 22.1 Å². The maximum absolute atomic E-state index is 13.0. The highest BCUT2D eigenvalue weighted by atomic mass is 35.5. The van der Waals surface area contributed by atoms with E-state index in [1.54, 1.807) is 18.2 Å². The number of pyridine rings is 2. The molecule has 0 atom stereocenters. The first-order chi connectivity index (χ1) is 14.0. The monoisotopic (exact) mass is 473 g/mol. The van der Waals surface area contributed by atoms with Crippen LogP contribution in [0.4, 0.5) is 13.2 Å². The molecule has 0 saturated heterocycles. The number of aromatic nitrogens is 3. The van der Waals surface area contributed by atoms with Crippen molar-refractivity contribution in [3.63, 3.8) is 0 Å². The Labute approximate surface area is 178 Å². The molecule has 0 bridgehead atoms. The van der Waals surface area contributed by atoms with Gasteiger partial charge in [0, 0.05) is 16.6 Å². The summed E-state index contributed by atoms with van der Waals surface area (Å²) in [7, 11) is -3.75. The van der Waals surface area contributed by atoms with Crippen LogP contribution in [-0.2, 0) is 16.0 Å². The number of benzene rings is 1. The third-order valence-electron chi connectivity index (χ3n) is 4.60. The molecular weight excluding hydrogens is 462 g/mol. The van der Waals surface area contributed by atoms with Crippen LogP contribution in [0.25, 0.3) is 33.3 Å². The maximum Gasteiger partial charge on any atom is 0.417 e. The number of aromatic amines is 1. The van der Waals surface area contributed by atoms with E-state index in [9.17, 15) is 21.6 Å². The average Bonchev–Trinajstić information content (AvgIpc) is 3.02. The van der Waals surface area contributed by atoms with Crippen molar-refractivity contribution in [2.24, 2.45) is 0 Å². The first kappa shape index (κ1) is 20.9. The lowest BCUT2D eigenvalue weighted by atomic mass is 10.2. The van der Waals surface area contributed by atoms with Crippen LogP contribution in [0.5, 0.6) is 0 Å². The van der Waals surface area contributed by atoms with Crippen LogP contribution in [0.2, 0.25) is 10.0 Å². The van der Waals surface area contributed by atoms with E-state index in [1.807, 2.05) is 0 Å². The van der Waals surface area contributed by atoms with Crippen molar-refractivity contribution in [2.45, 2.75) is 18.0 Å². The smallest absolute Gasteiger partial charge is 0.351 e. The third kappa shape index (κ3) is 3.51. The van der Waals surface area contributed by atoms with Gasteiger partial charge in [0.1, 0.15) is 11.2 Å². The van der Waals surface area contributed by atoms with Gasteiger partial charge in [-0.05, 0) is 30.3 Å². The first-order valence-corrected chi connectivity index (χ1v) is 11.0. The second-order valence-electron chi connectivity index (χ2n) is 6.51. The van der Waals surface area contributed by atoms with Crippen LogP contribution < -0.4 is 0 Å². The lowest BCUT2D eigenvalue weighted by Gasteiger charge is -2.10. The quantitative estimate of drug-likeness (QED) is 0.402. The topological polar surface area (TPSA) is 75.7 Å². The summed E-state index contributed by atoms with van der Waals surface area (Å²) in [6, 6.07) is 7.08. The molecule has 11 heteroatoms. The number of H-pyrrole nitrogens is 1. The fourth-order valence-corrected chi connectivity index (χ4v) is 4.59. The molecule has 0 saturated carbocycles. The van der Waals surface area contributed by atoms with Gasteiger partial charge in [0.25, 0.3) is 0 Å². The number of alkyl halides is 3. The van der Waals surface area contributed by atoms with E-state index in [-0.39, 0.29) is 38.1 Å². The van der Waals surface area contributed by atoms with Crippen LogP contribution >= 0.6 is 23.2 Å². The predicted octanol–water partition coefficient (Wildman–Crippen LogP) is 5.90. The zero-order valence-electron chi connectivity index (χ0n) is 15.2. The number of hydrogen-bond acceptors (Lipinski definition) is 4. The molecule has 4 rings (SSSR count). The SMILES string of the molecule is CCS(=O)(=O)c1cc2cc(Cl)ccc2nc1-c1[nH]c2cc(C(F)(F)F)cnc2c1Cl. The summed E-state index contributed by atoms with van der Waals surface area (Å²) < 4.78 is 64.6. The van der Waals surface area contributed by atoms with Crippen LogP contribution in [0.3, 0.4) is 0 Å². The molecule has 30 heavy (non-hydrogen) atoms. The predicted molar refractivity (Wildman–Crippen MR) is 110 cm³/mol. The molecule has 3 aromatic heterocycles.